The molecule has 0 spiro atoms. The van der Waals surface area contributed by atoms with Crippen LogP contribution in [0.1, 0.15) is 122 Å². The lowest BCUT2D eigenvalue weighted by molar-refractivity contribution is -0.0660. The largest absolute Gasteiger partial charge is 0.474 e. The second-order valence-electron chi connectivity index (χ2n) is 14.5. The summed E-state index contributed by atoms with van der Waals surface area (Å²) in [5, 5.41) is 60.8. The molecule has 324 valence electrons. The summed E-state index contributed by atoms with van der Waals surface area (Å²) in [6, 6.07) is 2.47. The van der Waals surface area contributed by atoms with E-state index in [1.165, 1.54) is 95.2 Å². The van der Waals surface area contributed by atoms with Gasteiger partial charge >= 0.3 is 19.2 Å². The molecule has 8 N–H and O–H groups in total. The van der Waals surface area contributed by atoms with Gasteiger partial charge in [-0.05, 0) is 18.6 Å². The molecule has 0 aromatic carbocycles. The van der Waals surface area contributed by atoms with E-state index in [-0.39, 0.29) is 18.2 Å². The van der Waals surface area contributed by atoms with Gasteiger partial charge in [0.15, 0.2) is 24.1 Å². The normalized spacial score (nSPS) is 25.8. The predicted molar refractivity (Wildman–Crippen MR) is 205 cm³/mol. The lowest BCUT2D eigenvalue weighted by Crippen LogP contribution is -2.36. The van der Waals surface area contributed by atoms with E-state index >= 15 is 0 Å². The number of rotatable bonds is 28. The van der Waals surface area contributed by atoms with Crippen LogP contribution < -0.4 is 22.3 Å². The van der Waals surface area contributed by atoms with Crippen molar-refractivity contribution in [3.8, 4) is 0 Å². The van der Waals surface area contributed by atoms with E-state index < -0.39 is 81.5 Å². The zero-order valence-corrected chi connectivity index (χ0v) is 33.4. The number of hydrogen-bond acceptors (Lipinski definition) is 18. The Morgan fingerprint density at radius 2 is 0.982 bits per heavy atom. The van der Waals surface area contributed by atoms with Crippen molar-refractivity contribution in [2.75, 3.05) is 30.8 Å². The van der Waals surface area contributed by atoms with Gasteiger partial charge in [0.2, 0.25) is 0 Å². The number of unbranched alkanes of at least 4 members (excludes halogenated alkanes) is 15. The maximum Gasteiger partial charge on any atom is 0.474 e. The monoisotopic (exact) mass is 832 g/mol. The molecule has 0 radical (unpaired) electrons. The standard InChI is InChI=1S/C36H61N6O14P/c1-2-3-4-5-6-7-8-9-10-11-12-13-14-15-16-17-22-52-57(51,53-23-25-29(43)31(45)33(55-25)41-20-18-27(39-49)37-35(41)47)54-24-26-30(44)32(46)34(56-26)42-21-19-28(40-50)38-36(42)48/h18-21,25-26,29-34,43-46,49-50H,2-17,22-24H2,1H3,(H,37,39,47)(H,38,40,48). The van der Waals surface area contributed by atoms with Crippen molar-refractivity contribution >= 4 is 19.5 Å². The molecule has 2 aliphatic heterocycles. The van der Waals surface area contributed by atoms with Gasteiger partial charge in [0.25, 0.3) is 0 Å². The van der Waals surface area contributed by atoms with Gasteiger partial charge in [0.05, 0.1) is 19.8 Å². The molecule has 20 nitrogen and oxygen atoms in total. The van der Waals surface area contributed by atoms with Crippen LogP contribution in [-0.2, 0) is 27.6 Å². The average molecular weight is 833 g/mol. The molecular weight excluding hydrogens is 771 g/mol. The van der Waals surface area contributed by atoms with E-state index in [0.29, 0.717) is 6.42 Å². The lowest BCUT2D eigenvalue weighted by Gasteiger charge is -2.23. The van der Waals surface area contributed by atoms with Crippen molar-refractivity contribution in [2.24, 2.45) is 0 Å². The number of hydrogen-bond donors (Lipinski definition) is 8. The molecule has 0 bridgehead atoms. The molecule has 8 unspecified atom stereocenters. The van der Waals surface area contributed by atoms with Crippen LogP contribution in [-0.4, -0.2) is 106 Å². The number of nitrogens with zero attached hydrogens (tertiary/aromatic N) is 4. The summed E-state index contributed by atoms with van der Waals surface area (Å²) in [5.74, 6) is -0.306. The van der Waals surface area contributed by atoms with Gasteiger partial charge in [0.1, 0.15) is 36.6 Å². The first-order chi connectivity index (χ1) is 27.5. The van der Waals surface area contributed by atoms with Crippen molar-refractivity contribution in [3.05, 3.63) is 45.5 Å². The number of aliphatic hydroxyl groups excluding tert-OH is 4. The molecule has 2 saturated heterocycles. The van der Waals surface area contributed by atoms with E-state index in [1.807, 2.05) is 0 Å². The van der Waals surface area contributed by atoms with Gasteiger partial charge in [-0.2, -0.15) is 9.97 Å². The third-order valence-corrected chi connectivity index (χ3v) is 11.6. The SMILES string of the molecule is CCCCCCCCCCCCCCCCCCOP(=O)(OCC1OC(n2ccc(NO)nc2=O)C(O)C1O)OCC1OC(n2ccc(NO)nc2=O)C(O)C1O. The maximum absolute atomic E-state index is 14.0. The van der Waals surface area contributed by atoms with Crippen LogP contribution in [0.2, 0.25) is 0 Å². The summed E-state index contributed by atoms with van der Waals surface area (Å²) in [6.07, 6.45) is 9.13. The molecule has 0 amide bonds. The average Bonchev–Trinajstić information content (AvgIpc) is 3.65. The molecule has 2 aromatic rings. The fourth-order valence-corrected chi connectivity index (χ4v) is 8.03. The zero-order valence-electron chi connectivity index (χ0n) is 32.5. The van der Waals surface area contributed by atoms with Crippen molar-refractivity contribution in [1.29, 1.82) is 0 Å². The van der Waals surface area contributed by atoms with Gasteiger partial charge in [-0.3, -0.25) is 44.1 Å². The maximum atomic E-state index is 14.0. The van der Waals surface area contributed by atoms with E-state index in [0.717, 1.165) is 34.8 Å². The highest BCUT2D eigenvalue weighted by atomic mass is 31.2. The number of anilines is 2. The lowest BCUT2D eigenvalue weighted by atomic mass is 10.0. The van der Waals surface area contributed by atoms with Crippen LogP contribution in [0.3, 0.4) is 0 Å². The van der Waals surface area contributed by atoms with Gasteiger partial charge < -0.3 is 29.9 Å². The number of aliphatic hydroxyl groups is 4. The van der Waals surface area contributed by atoms with Crippen LogP contribution in [0.4, 0.5) is 11.6 Å². The van der Waals surface area contributed by atoms with E-state index in [2.05, 4.69) is 16.9 Å². The minimum atomic E-state index is -4.51. The molecule has 2 aromatic heterocycles. The summed E-state index contributed by atoms with van der Waals surface area (Å²) in [5.41, 5.74) is 1.66. The molecule has 2 aliphatic rings. The Balaban J connectivity index is 1.27. The van der Waals surface area contributed by atoms with Gasteiger partial charge in [0, 0.05) is 12.4 Å². The van der Waals surface area contributed by atoms with E-state index in [1.54, 1.807) is 11.0 Å². The third kappa shape index (κ3) is 14.1. The van der Waals surface area contributed by atoms with Gasteiger partial charge in [-0.1, -0.05) is 103 Å². The van der Waals surface area contributed by atoms with E-state index in [9.17, 15) is 34.6 Å². The summed E-state index contributed by atoms with van der Waals surface area (Å²) in [6.45, 7) is 0.940. The fourth-order valence-electron chi connectivity index (χ4n) is 6.80. The van der Waals surface area contributed by atoms with Gasteiger partial charge in [-0.25, -0.2) is 14.2 Å². The molecule has 21 heteroatoms. The molecule has 2 fully saturated rings. The van der Waals surface area contributed by atoms with Crippen LogP contribution in [0.5, 0.6) is 0 Å². The van der Waals surface area contributed by atoms with Crippen LogP contribution in [0.25, 0.3) is 0 Å². The number of phosphoric ester groups is 1. The Labute approximate surface area is 331 Å². The Kier molecular flexibility index (Phi) is 20.0. The summed E-state index contributed by atoms with van der Waals surface area (Å²) in [4.78, 5) is 32.1. The van der Waals surface area contributed by atoms with Crippen LogP contribution in [0, 0.1) is 0 Å². The van der Waals surface area contributed by atoms with Crippen LogP contribution in [0.15, 0.2) is 34.1 Å². The Morgan fingerprint density at radius 1 is 0.614 bits per heavy atom. The fraction of sp³-hybridized carbons (Fsp3) is 0.778. The smallest absolute Gasteiger partial charge is 0.387 e. The number of nitrogens with one attached hydrogen (secondary N) is 2. The Bertz CT molecular complexity index is 1540. The number of aromatic nitrogens is 4. The molecule has 4 rings (SSSR count). The topological polar surface area (TPSA) is 278 Å². The van der Waals surface area contributed by atoms with Crippen molar-refractivity contribution in [1.82, 2.24) is 19.1 Å². The summed E-state index contributed by atoms with van der Waals surface area (Å²) >= 11 is 0. The van der Waals surface area contributed by atoms with Crippen molar-refractivity contribution in [3.63, 3.8) is 0 Å². The van der Waals surface area contributed by atoms with Crippen molar-refractivity contribution in [2.45, 2.75) is 159 Å². The third-order valence-electron chi connectivity index (χ3n) is 10.2. The highest BCUT2D eigenvalue weighted by molar-refractivity contribution is 7.48. The molecule has 4 heterocycles. The van der Waals surface area contributed by atoms with Crippen molar-refractivity contribution < 1.29 is 58.5 Å². The molecule has 0 aliphatic carbocycles. The van der Waals surface area contributed by atoms with Crippen LogP contribution >= 0.6 is 7.82 Å². The minimum Gasteiger partial charge on any atom is -0.387 e. The quantitative estimate of drug-likeness (QED) is 0.0344. The highest BCUT2D eigenvalue weighted by Crippen LogP contribution is 2.51. The molecule has 0 saturated carbocycles. The number of ether oxygens (including phenoxy) is 2. The molecular formula is C36H61N6O14P. The summed E-state index contributed by atoms with van der Waals surface area (Å²) in [7, 11) is -4.51. The van der Waals surface area contributed by atoms with E-state index in [4.69, 9.17) is 33.5 Å². The Hall–Kier alpha value is -2.85. The first-order valence-electron chi connectivity index (χ1n) is 20.1. The first-order valence-corrected chi connectivity index (χ1v) is 21.5. The molecule has 57 heavy (non-hydrogen) atoms. The Morgan fingerprint density at radius 3 is 1.33 bits per heavy atom. The second kappa shape index (κ2) is 24.3. The zero-order chi connectivity index (χ0) is 41.2. The summed E-state index contributed by atoms with van der Waals surface area (Å²) < 4.78 is 43.9. The molecule has 8 atom stereocenters. The van der Waals surface area contributed by atoms with Gasteiger partial charge in [-0.15, -0.1) is 0 Å². The number of phosphoric acid groups is 1. The first kappa shape index (κ1) is 46.8. The minimum absolute atomic E-state index is 0.0347. The second-order valence-corrected chi connectivity index (χ2v) is 16.2. The predicted octanol–water partition coefficient (Wildman–Crippen LogP) is 3.76. The highest BCUT2D eigenvalue weighted by Gasteiger charge is 2.47.